The van der Waals surface area contributed by atoms with E-state index >= 15 is 0 Å². The van der Waals surface area contributed by atoms with Crippen LogP contribution in [0.4, 0.5) is 0 Å². The first-order chi connectivity index (χ1) is 9.51. The summed E-state index contributed by atoms with van der Waals surface area (Å²) >= 11 is 0. The molecule has 108 valence electrons. The van der Waals surface area contributed by atoms with Crippen LogP contribution in [0.15, 0.2) is 18.2 Å². The van der Waals surface area contributed by atoms with Gasteiger partial charge >= 0.3 is 5.97 Å². The SMILES string of the molecule is CCOC(=O)C(C)(C)Oc1cccc2c1CC1NC1C2. The molecule has 1 aliphatic heterocycles. The Morgan fingerprint density at radius 1 is 1.35 bits per heavy atom. The molecule has 1 aliphatic carbocycles. The van der Waals surface area contributed by atoms with Crippen molar-refractivity contribution in [2.24, 2.45) is 0 Å². The molecule has 2 aliphatic rings. The summed E-state index contributed by atoms with van der Waals surface area (Å²) in [6, 6.07) is 7.31. The van der Waals surface area contributed by atoms with Crippen LogP contribution in [-0.2, 0) is 22.4 Å². The van der Waals surface area contributed by atoms with Crippen molar-refractivity contribution in [3.8, 4) is 5.75 Å². The lowest BCUT2D eigenvalue weighted by molar-refractivity contribution is -0.158. The molecule has 1 N–H and O–H groups in total. The second-order valence-corrected chi connectivity index (χ2v) is 6.01. The van der Waals surface area contributed by atoms with Crippen molar-refractivity contribution >= 4 is 5.97 Å². The topological polar surface area (TPSA) is 57.5 Å². The highest BCUT2D eigenvalue weighted by molar-refractivity contribution is 5.79. The highest BCUT2D eigenvalue weighted by atomic mass is 16.6. The van der Waals surface area contributed by atoms with E-state index in [1.54, 1.807) is 20.8 Å². The lowest BCUT2D eigenvalue weighted by Gasteiger charge is -2.27. The van der Waals surface area contributed by atoms with Crippen LogP contribution >= 0.6 is 0 Å². The number of hydrogen-bond donors (Lipinski definition) is 1. The standard InChI is InChI=1S/C16H21NO3/c1-4-19-15(18)16(2,3)20-14-7-5-6-10-8-12-13(17-12)9-11(10)14/h5-7,12-13,17H,4,8-9H2,1-3H3. The van der Waals surface area contributed by atoms with Crippen LogP contribution in [0.25, 0.3) is 0 Å². The Balaban J connectivity index is 1.83. The summed E-state index contributed by atoms with van der Waals surface area (Å²) < 4.78 is 11.1. The Bertz CT molecular complexity index is 539. The average Bonchev–Trinajstić information content (AvgIpc) is 3.15. The molecule has 0 saturated carbocycles. The van der Waals surface area contributed by atoms with Crippen LogP contribution < -0.4 is 10.1 Å². The van der Waals surface area contributed by atoms with Gasteiger partial charge in [0.1, 0.15) is 5.75 Å². The highest BCUT2D eigenvalue weighted by Crippen LogP contribution is 2.36. The summed E-state index contributed by atoms with van der Waals surface area (Å²) in [5, 5.41) is 3.46. The highest BCUT2D eigenvalue weighted by Gasteiger charge is 2.42. The van der Waals surface area contributed by atoms with Crippen molar-refractivity contribution in [1.29, 1.82) is 0 Å². The van der Waals surface area contributed by atoms with E-state index in [0.717, 1.165) is 18.6 Å². The Hall–Kier alpha value is -1.55. The summed E-state index contributed by atoms with van der Waals surface area (Å²) in [6.45, 7) is 5.68. The Labute approximate surface area is 119 Å². The van der Waals surface area contributed by atoms with Gasteiger partial charge in [-0.2, -0.15) is 0 Å². The van der Waals surface area contributed by atoms with Crippen LogP contribution in [0.1, 0.15) is 31.9 Å². The number of ether oxygens (including phenoxy) is 2. The summed E-state index contributed by atoms with van der Waals surface area (Å²) in [5.74, 6) is 0.489. The zero-order chi connectivity index (χ0) is 14.3. The third-order valence-electron chi connectivity index (χ3n) is 4.03. The summed E-state index contributed by atoms with van der Waals surface area (Å²) in [7, 11) is 0. The number of carbonyl (C=O) groups excluding carboxylic acids is 1. The first-order valence-electron chi connectivity index (χ1n) is 7.24. The molecule has 0 radical (unpaired) electrons. The third kappa shape index (κ3) is 2.40. The third-order valence-corrected chi connectivity index (χ3v) is 4.03. The number of fused-ring (bicyclic) bond motifs is 2. The van der Waals surface area contributed by atoms with Crippen LogP contribution in [0.5, 0.6) is 5.75 Å². The first kappa shape index (κ1) is 13.4. The lowest BCUT2D eigenvalue weighted by atomic mass is 9.91. The van der Waals surface area contributed by atoms with Crippen LogP contribution in [0.3, 0.4) is 0 Å². The van der Waals surface area contributed by atoms with E-state index in [-0.39, 0.29) is 5.97 Å². The van der Waals surface area contributed by atoms with Gasteiger partial charge in [0, 0.05) is 12.1 Å². The number of nitrogens with one attached hydrogen (secondary N) is 1. The number of carbonyl (C=O) groups is 1. The smallest absolute Gasteiger partial charge is 0.349 e. The molecule has 1 heterocycles. The largest absolute Gasteiger partial charge is 0.476 e. The van der Waals surface area contributed by atoms with Crippen molar-refractivity contribution < 1.29 is 14.3 Å². The molecule has 4 heteroatoms. The van der Waals surface area contributed by atoms with Crippen LogP contribution in [0.2, 0.25) is 0 Å². The molecule has 0 spiro atoms. The van der Waals surface area contributed by atoms with Gasteiger partial charge in [-0.3, -0.25) is 0 Å². The zero-order valence-corrected chi connectivity index (χ0v) is 12.2. The summed E-state index contributed by atoms with van der Waals surface area (Å²) in [6.07, 6.45) is 2.03. The fourth-order valence-corrected chi connectivity index (χ4v) is 2.83. The van der Waals surface area contributed by atoms with E-state index < -0.39 is 5.60 Å². The van der Waals surface area contributed by atoms with E-state index in [4.69, 9.17) is 9.47 Å². The molecule has 3 rings (SSSR count). The van der Waals surface area contributed by atoms with Gasteiger partial charge in [-0.1, -0.05) is 12.1 Å². The van der Waals surface area contributed by atoms with E-state index in [1.807, 2.05) is 12.1 Å². The molecule has 20 heavy (non-hydrogen) atoms. The van der Waals surface area contributed by atoms with Gasteiger partial charge in [0.15, 0.2) is 5.60 Å². The van der Waals surface area contributed by atoms with E-state index in [0.29, 0.717) is 18.7 Å². The fraction of sp³-hybridized carbons (Fsp3) is 0.562. The molecule has 2 unspecified atom stereocenters. The molecule has 2 atom stereocenters. The maximum atomic E-state index is 12.0. The molecule has 0 bridgehead atoms. The predicted octanol–water partition coefficient (Wildman–Crippen LogP) is 1.85. The van der Waals surface area contributed by atoms with Gasteiger partial charge in [-0.15, -0.1) is 0 Å². The van der Waals surface area contributed by atoms with Gasteiger partial charge in [0.2, 0.25) is 0 Å². The minimum atomic E-state index is -0.959. The van der Waals surface area contributed by atoms with Crippen molar-refractivity contribution in [2.75, 3.05) is 6.61 Å². The lowest BCUT2D eigenvalue weighted by Crippen LogP contribution is -2.40. The minimum absolute atomic E-state index is 0.323. The Morgan fingerprint density at radius 2 is 2.10 bits per heavy atom. The maximum Gasteiger partial charge on any atom is 0.349 e. The van der Waals surface area contributed by atoms with Gasteiger partial charge < -0.3 is 14.8 Å². The normalized spacial score (nSPS) is 23.6. The molecular formula is C16H21NO3. The summed E-state index contributed by atoms with van der Waals surface area (Å²) in [5.41, 5.74) is 1.60. The number of hydrogen-bond acceptors (Lipinski definition) is 4. The van der Waals surface area contributed by atoms with Crippen molar-refractivity contribution in [3.63, 3.8) is 0 Å². The molecule has 0 aromatic heterocycles. The first-order valence-corrected chi connectivity index (χ1v) is 7.24. The Morgan fingerprint density at radius 3 is 2.85 bits per heavy atom. The molecule has 1 saturated heterocycles. The van der Waals surface area contributed by atoms with Crippen molar-refractivity contribution in [2.45, 2.75) is 51.3 Å². The fourth-order valence-electron chi connectivity index (χ4n) is 2.83. The monoisotopic (exact) mass is 275 g/mol. The Kier molecular flexibility index (Phi) is 3.21. The average molecular weight is 275 g/mol. The second kappa shape index (κ2) is 4.77. The van der Waals surface area contributed by atoms with Crippen LogP contribution in [-0.4, -0.2) is 30.3 Å². The molecule has 0 amide bonds. The van der Waals surface area contributed by atoms with Crippen LogP contribution in [0, 0.1) is 0 Å². The minimum Gasteiger partial charge on any atom is -0.476 e. The second-order valence-electron chi connectivity index (χ2n) is 6.01. The maximum absolute atomic E-state index is 12.0. The molecule has 1 aromatic carbocycles. The summed E-state index contributed by atoms with van der Waals surface area (Å²) in [4.78, 5) is 12.0. The number of esters is 1. The zero-order valence-electron chi connectivity index (χ0n) is 12.2. The molecule has 1 aromatic rings. The van der Waals surface area contributed by atoms with Crippen molar-refractivity contribution in [1.82, 2.24) is 5.32 Å². The quantitative estimate of drug-likeness (QED) is 0.673. The number of rotatable bonds is 4. The predicted molar refractivity (Wildman–Crippen MR) is 75.9 cm³/mol. The van der Waals surface area contributed by atoms with Gasteiger partial charge in [0.25, 0.3) is 0 Å². The van der Waals surface area contributed by atoms with E-state index in [9.17, 15) is 4.79 Å². The molecule has 1 fully saturated rings. The van der Waals surface area contributed by atoms with E-state index in [2.05, 4.69) is 11.4 Å². The molecule has 4 nitrogen and oxygen atoms in total. The van der Waals surface area contributed by atoms with Gasteiger partial charge in [0.05, 0.1) is 6.61 Å². The van der Waals surface area contributed by atoms with Crippen molar-refractivity contribution in [3.05, 3.63) is 29.3 Å². The number of benzene rings is 1. The van der Waals surface area contributed by atoms with Gasteiger partial charge in [-0.25, -0.2) is 4.79 Å². The van der Waals surface area contributed by atoms with E-state index in [1.165, 1.54) is 11.1 Å². The van der Waals surface area contributed by atoms with Gasteiger partial charge in [-0.05, 0) is 50.8 Å². The molecular weight excluding hydrogens is 254 g/mol.